The first kappa shape index (κ1) is 11.1. The van der Waals surface area contributed by atoms with Crippen LogP contribution in [0.25, 0.3) is 10.9 Å². The van der Waals surface area contributed by atoms with Crippen molar-refractivity contribution in [3.8, 4) is 0 Å². The molecule has 0 saturated carbocycles. The van der Waals surface area contributed by atoms with Gasteiger partial charge in [0.25, 0.3) is 5.56 Å². The van der Waals surface area contributed by atoms with Gasteiger partial charge in [-0.1, -0.05) is 25.4 Å². The van der Waals surface area contributed by atoms with Gasteiger partial charge in [-0.3, -0.25) is 4.79 Å². The van der Waals surface area contributed by atoms with Gasteiger partial charge in [-0.25, -0.2) is 4.98 Å². The quantitative estimate of drug-likeness (QED) is 0.871. The molecule has 4 heteroatoms. The molecule has 0 bridgehead atoms. The second-order valence-corrected chi connectivity index (χ2v) is 4.36. The maximum atomic E-state index is 11.8. The van der Waals surface area contributed by atoms with E-state index in [1.807, 2.05) is 6.92 Å². The lowest BCUT2D eigenvalue weighted by molar-refractivity contribution is 0.680. The molecule has 0 aliphatic rings. The lowest BCUT2D eigenvalue weighted by Crippen LogP contribution is -2.13. The van der Waals surface area contributed by atoms with E-state index in [-0.39, 0.29) is 11.5 Å². The molecule has 0 spiro atoms. The SMILES string of the molecule is CCC(C)c1nc2ccc(Cl)cc2c(=O)[nH]1. The van der Waals surface area contributed by atoms with E-state index in [4.69, 9.17) is 11.6 Å². The molecule has 1 aromatic carbocycles. The Morgan fingerprint density at radius 1 is 1.50 bits per heavy atom. The zero-order valence-corrected chi connectivity index (χ0v) is 10.0. The number of aromatic amines is 1. The van der Waals surface area contributed by atoms with Crippen molar-refractivity contribution in [2.45, 2.75) is 26.2 Å². The fraction of sp³-hybridized carbons (Fsp3) is 0.333. The van der Waals surface area contributed by atoms with Crippen LogP contribution < -0.4 is 5.56 Å². The summed E-state index contributed by atoms with van der Waals surface area (Å²) in [6.07, 6.45) is 0.946. The van der Waals surface area contributed by atoms with E-state index in [9.17, 15) is 4.79 Å². The Morgan fingerprint density at radius 3 is 2.94 bits per heavy atom. The summed E-state index contributed by atoms with van der Waals surface area (Å²) in [6.45, 7) is 4.11. The number of nitrogens with zero attached hydrogens (tertiary/aromatic N) is 1. The third kappa shape index (κ3) is 1.95. The molecule has 2 rings (SSSR count). The summed E-state index contributed by atoms with van der Waals surface area (Å²) >= 11 is 5.84. The fourth-order valence-corrected chi connectivity index (χ4v) is 1.73. The Kier molecular flexibility index (Phi) is 2.97. The highest BCUT2D eigenvalue weighted by Crippen LogP contribution is 2.18. The number of fused-ring (bicyclic) bond motifs is 1. The lowest BCUT2D eigenvalue weighted by atomic mass is 10.1. The van der Waals surface area contributed by atoms with Crippen LogP contribution in [-0.4, -0.2) is 9.97 Å². The number of nitrogens with one attached hydrogen (secondary N) is 1. The van der Waals surface area contributed by atoms with Crippen molar-refractivity contribution in [2.75, 3.05) is 0 Å². The van der Waals surface area contributed by atoms with Crippen molar-refractivity contribution >= 4 is 22.5 Å². The average molecular weight is 237 g/mol. The van der Waals surface area contributed by atoms with E-state index in [1.165, 1.54) is 0 Å². The van der Waals surface area contributed by atoms with Gasteiger partial charge in [0.2, 0.25) is 0 Å². The summed E-state index contributed by atoms with van der Waals surface area (Å²) in [4.78, 5) is 19.1. The molecule has 1 heterocycles. The smallest absolute Gasteiger partial charge is 0.258 e. The monoisotopic (exact) mass is 236 g/mol. The molecule has 1 unspecified atom stereocenters. The number of benzene rings is 1. The Bertz CT molecular complexity index is 577. The van der Waals surface area contributed by atoms with Gasteiger partial charge in [-0.2, -0.15) is 0 Å². The number of rotatable bonds is 2. The van der Waals surface area contributed by atoms with E-state index in [2.05, 4.69) is 16.9 Å². The summed E-state index contributed by atoms with van der Waals surface area (Å²) in [5.74, 6) is 0.995. The van der Waals surface area contributed by atoms with E-state index < -0.39 is 0 Å². The largest absolute Gasteiger partial charge is 0.310 e. The van der Waals surface area contributed by atoms with Crippen LogP contribution >= 0.6 is 11.6 Å². The van der Waals surface area contributed by atoms with E-state index in [0.29, 0.717) is 15.9 Å². The molecule has 84 valence electrons. The maximum absolute atomic E-state index is 11.8. The molecule has 3 nitrogen and oxygen atoms in total. The van der Waals surface area contributed by atoms with Crippen molar-refractivity contribution < 1.29 is 0 Å². The first-order chi connectivity index (χ1) is 7.61. The van der Waals surface area contributed by atoms with Gasteiger partial charge in [-0.15, -0.1) is 0 Å². The number of H-pyrrole nitrogens is 1. The minimum absolute atomic E-state index is 0.122. The van der Waals surface area contributed by atoms with E-state index in [0.717, 1.165) is 12.2 Å². The van der Waals surface area contributed by atoms with Crippen LogP contribution in [0.5, 0.6) is 0 Å². The molecular formula is C12H13ClN2O. The summed E-state index contributed by atoms with van der Waals surface area (Å²) in [6, 6.07) is 5.17. The number of hydrogen-bond acceptors (Lipinski definition) is 2. The first-order valence-corrected chi connectivity index (χ1v) is 5.69. The molecule has 0 amide bonds. The van der Waals surface area contributed by atoms with Crippen molar-refractivity contribution in [2.24, 2.45) is 0 Å². The molecule has 16 heavy (non-hydrogen) atoms. The average Bonchev–Trinajstić information content (AvgIpc) is 2.28. The Hall–Kier alpha value is -1.35. The van der Waals surface area contributed by atoms with Gasteiger partial charge in [0.05, 0.1) is 10.9 Å². The van der Waals surface area contributed by atoms with Crippen molar-refractivity contribution in [3.63, 3.8) is 0 Å². The third-order valence-electron chi connectivity index (χ3n) is 2.76. The summed E-state index contributed by atoms with van der Waals surface area (Å²) in [7, 11) is 0. The Balaban J connectivity index is 2.69. The molecule has 0 aliphatic carbocycles. The zero-order valence-electron chi connectivity index (χ0n) is 9.25. The number of aromatic nitrogens is 2. The highest BCUT2D eigenvalue weighted by molar-refractivity contribution is 6.31. The number of hydrogen-bond donors (Lipinski definition) is 1. The molecular weight excluding hydrogens is 224 g/mol. The molecule has 1 N–H and O–H groups in total. The highest BCUT2D eigenvalue weighted by Gasteiger charge is 2.09. The zero-order chi connectivity index (χ0) is 11.7. The van der Waals surface area contributed by atoms with E-state index >= 15 is 0 Å². The van der Waals surface area contributed by atoms with Crippen LogP contribution in [0, 0.1) is 0 Å². The van der Waals surface area contributed by atoms with Crippen LogP contribution in [0.4, 0.5) is 0 Å². The molecule has 0 radical (unpaired) electrons. The summed E-state index contributed by atoms with van der Waals surface area (Å²) < 4.78 is 0. The molecule has 0 fully saturated rings. The predicted molar refractivity (Wildman–Crippen MR) is 66.1 cm³/mol. The van der Waals surface area contributed by atoms with Gasteiger partial charge in [0, 0.05) is 10.9 Å². The van der Waals surface area contributed by atoms with Crippen LogP contribution in [0.3, 0.4) is 0 Å². The number of halogens is 1. The second kappa shape index (κ2) is 4.26. The topological polar surface area (TPSA) is 45.8 Å². The Morgan fingerprint density at radius 2 is 2.25 bits per heavy atom. The standard InChI is InChI=1S/C12H13ClN2O/c1-3-7(2)11-14-10-5-4-8(13)6-9(10)12(16)15-11/h4-7H,3H2,1-2H3,(H,14,15,16). The van der Waals surface area contributed by atoms with Crippen LogP contribution in [0.2, 0.25) is 5.02 Å². The first-order valence-electron chi connectivity index (χ1n) is 5.31. The minimum Gasteiger partial charge on any atom is -0.310 e. The maximum Gasteiger partial charge on any atom is 0.258 e. The van der Waals surface area contributed by atoms with Gasteiger partial charge >= 0.3 is 0 Å². The van der Waals surface area contributed by atoms with Gasteiger partial charge in [0.15, 0.2) is 0 Å². The predicted octanol–water partition coefficient (Wildman–Crippen LogP) is 3.09. The van der Waals surface area contributed by atoms with Crippen molar-refractivity contribution in [1.29, 1.82) is 0 Å². The molecule has 1 aromatic heterocycles. The fourth-order valence-electron chi connectivity index (χ4n) is 1.56. The normalized spacial score (nSPS) is 12.9. The van der Waals surface area contributed by atoms with Crippen LogP contribution in [-0.2, 0) is 0 Å². The van der Waals surface area contributed by atoms with E-state index in [1.54, 1.807) is 18.2 Å². The van der Waals surface area contributed by atoms with Crippen molar-refractivity contribution in [3.05, 3.63) is 39.4 Å². The molecule has 0 saturated heterocycles. The minimum atomic E-state index is -0.122. The van der Waals surface area contributed by atoms with Crippen LogP contribution in [0.1, 0.15) is 32.0 Å². The van der Waals surface area contributed by atoms with Gasteiger partial charge in [0.1, 0.15) is 5.82 Å². The van der Waals surface area contributed by atoms with Crippen LogP contribution in [0.15, 0.2) is 23.0 Å². The molecule has 1 atom stereocenters. The van der Waals surface area contributed by atoms with Crippen molar-refractivity contribution in [1.82, 2.24) is 9.97 Å². The third-order valence-corrected chi connectivity index (χ3v) is 3.00. The highest BCUT2D eigenvalue weighted by atomic mass is 35.5. The summed E-state index contributed by atoms with van der Waals surface area (Å²) in [5, 5.41) is 1.09. The van der Waals surface area contributed by atoms with Gasteiger partial charge < -0.3 is 4.98 Å². The molecule has 2 aromatic rings. The lowest BCUT2D eigenvalue weighted by Gasteiger charge is -2.08. The summed E-state index contributed by atoms with van der Waals surface area (Å²) in [5.41, 5.74) is 0.575. The van der Waals surface area contributed by atoms with Gasteiger partial charge in [-0.05, 0) is 24.6 Å². The molecule has 0 aliphatic heterocycles. The second-order valence-electron chi connectivity index (χ2n) is 3.92. The Labute approximate surface area is 98.5 Å².